The van der Waals surface area contributed by atoms with E-state index in [-0.39, 0.29) is 81.2 Å². The SMILES string of the molecule is CC(O)C(=O)OC(C)C(=O)O.[Ca+2].[Ca+2].[H-].[H-].[H-].[H-]. The van der Waals surface area contributed by atoms with Crippen LogP contribution >= 0.6 is 0 Å². The van der Waals surface area contributed by atoms with Crippen molar-refractivity contribution in [2.75, 3.05) is 0 Å². The molecule has 0 aliphatic rings. The molecule has 2 N–H and O–H groups in total. The maximum absolute atomic E-state index is 10.5. The van der Waals surface area contributed by atoms with Crippen LogP contribution in [0, 0.1) is 0 Å². The van der Waals surface area contributed by atoms with Gasteiger partial charge < -0.3 is 20.7 Å². The molecule has 0 radical (unpaired) electrons. The van der Waals surface area contributed by atoms with E-state index in [1.165, 1.54) is 13.8 Å². The van der Waals surface area contributed by atoms with E-state index in [0.29, 0.717) is 0 Å². The van der Waals surface area contributed by atoms with Crippen LogP contribution in [0.25, 0.3) is 0 Å². The smallest absolute Gasteiger partial charge is 1.00 e. The Morgan fingerprint density at radius 2 is 1.69 bits per heavy atom. The summed E-state index contributed by atoms with van der Waals surface area (Å²) in [7, 11) is 0. The summed E-state index contributed by atoms with van der Waals surface area (Å²) >= 11 is 0. The van der Waals surface area contributed by atoms with Gasteiger partial charge in [0.25, 0.3) is 0 Å². The fourth-order valence-corrected chi connectivity index (χ4v) is 0.323. The zero-order chi connectivity index (χ0) is 9.02. The van der Waals surface area contributed by atoms with Crippen molar-refractivity contribution in [2.45, 2.75) is 26.1 Å². The predicted molar refractivity (Wildman–Crippen MR) is 50.8 cm³/mol. The molecule has 0 aromatic carbocycles. The number of aliphatic hydroxyl groups is 1. The first-order valence-electron chi connectivity index (χ1n) is 3.06. The van der Waals surface area contributed by atoms with E-state index in [0.717, 1.165) is 0 Å². The van der Waals surface area contributed by atoms with Crippen LogP contribution < -0.4 is 0 Å². The maximum Gasteiger partial charge on any atom is 2.00 e. The number of ether oxygens (including phenoxy) is 1. The zero-order valence-electron chi connectivity index (χ0n) is 11.7. The second kappa shape index (κ2) is 9.96. The van der Waals surface area contributed by atoms with E-state index >= 15 is 0 Å². The standard InChI is InChI=1S/C6H10O5.2Ca.4H/c1-3(7)6(10)11-4(2)5(8)9;;;;;;/h3-4,7H,1-2H3,(H,8,9);;;;;;/q;2*+2;4*-1. The summed E-state index contributed by atoms with van der Waals surface area (Å²) in [5, 5.41) is 16.8. The van der Waals surface area contributed by atoms with Crippen LogP contribution in [0.15, 0.2) is 0 Å². The number of carbonyl (C=O) groups is 2. The van der Waals surface area contributed by atoms with Crippen LogP contribution in [-0.4, -0.2) is 110 Å². The number of carboxylic acids is 1. The number of rotatable bonds is 3. The molecule has 0 rings (SSSR count). The first kappa shape index (κ1) is 19.9. The molecule has 7 heteroatoms. The topological polar surface area (TPSA) is 83.8 Å². The first-order chi connectivity index (χ1) is 4.95. The molecule has 2 unspecified atom stereocenters. The molecule has 0 aromatic heterocycles. The minimum atomic E-state index is -1.28. The Balaban J connectivity index is -0.0000000333. The van der Waals surface area contributed by atoms with Gasteiger partial charge in [-0.15, -0.1) is 0 Å². The third-order valence-corrected chi connectivity index (χ3v) is 0.982. The molecule has 0 aromatic rings. The average Bonchev–Trinajstić information content (AvgIpc) is 1.87. The van der Waals surface area contributed by atoms with Gasteiger partial charge in [-0.05, 0) is 13.8 Å². The van der Waals surface area contributed by atoms with Gasteiger partial charge in [-0.3, -0.25) is 0 Å². The average molecular weight is 246 g/mol. The van der Waals surface area contributed by atoms with Crippen molar-refractivity contribution >= 4 is 87.4 Å². The van der Waals surface area contributed by atoms with Gasteiger partial charge in [-0.1, -0.05) is 0 Å². The van der Waals surface area contributed by atoms with Gasteiger partial charge >= 0.3 is 87.4 Å². The molecule has 72 valence electrons. The van der Waals surface area contributed by atoms with Crippen molar-refractivity contribution in [1.29, 1.82) is 0 Å². The van der Waals surface area contributed by atoms with E-state index in [1.807, 2.05) is 0 Å². The third kappa shape index (κ3) is 9.72. The maximum atomic E-state index is 10.5. The van der Waals surface area contributed by atoms with Crippen molar-refractivity contribution < 1.29 is 30.2 Å². The quantitative estimate of drug-likeness (QED) is 0.496. The molecule has 0 fully saturated rings. The summed E-state index contributed by atoms with van der Waals surface area (Å²) in [6, 6.07) is 0. The normalized spacial score (nSPS) is 12.8. The molecule has 13 heavy (non-hydrogen) atoms. The van der Waals surface area contributed by atoms with E-state index in [2.05, 4.69) is 4.74 Å². The van der Waals surface area contributed by atoms with Crippen molar-refractivity contribution in [1.82, 2.24) is 0 Å². The molecule has 0 spiro atoms. The van der Waals surface area contributed by atoms with E-state index in [4.69, 9.17) is 10.2 Å². The molecule has 5 nitrogen and oxygen atoms in total. The van der Waals surface area contributed by atoms with Crippen LogP contribution in [0.1, 0.15) is 19.6 Å². The molecular weight excluding hydrogens is 232 g/mol. The molecule has 0 aliphatic carbocycles. The van der Waals surface area contributed by atoms with Gasteiger partial charge in [0.1, 0.15) is 6.10 Å². The van der Waals surface area contributed by atoms with Crippen LogP contribution in [0.3, 0.4) is 0 Å². The van der Waals surface area contributed by atoms with Gasteiger partial charge in [-0.2, -0.15) is 0 Å². The molecule has 0 heterocycles. The first-order valence-corrected chi connectivity index (χ1v) is 3.06. The van der Waals surface area contributed by atoms with Gasteiger partial charge in [0.2, 0.25) is 0 Å². The Morgan fingerprint density at radius 3 is 1.92 bits per heavy atom. The molecule has 0 bridgehead atoms. The molecule has 0 saturated carbocycles. The molecule has 0 aliphatic heterocycles. The van der Waals surface area contributed by atoms with Gasteiger partial charge in [-0.25, -0.2) is 9.59 Å². The fraction of sp³-hybridized carbons (Fsp3) is 0.667. The predicted octanol–water partition coefficient (Wildman–Crippen LogP) is -0.928. The van der Waals surface area contributed by atoms with Crippen LogP contribution in [0.2, 0.25) is 0 Å². The monoisotopic (exact) mass is 246 g/mol. The summed E-state index contributed by atoms with van der Waals surface area (Å²) in [4.78, 5) is 20.6. The molecule has 2 atom stereocenters. The Hall–Kier alpha value is 1.42. The van der Waals surface area contributed by atoms with Crippen molar-refractivity contribution in [3.8, 4) is 0 Å². The second-order valence-corrected chi connectivity index (χ2v) is 2.09. The molecular formula is C6H14Ca2O5. The Bertz CT molecular complexity index is 184. The number of carboxylic acid groups (broad SMARTS) is 1. The van der Waals surface area contributed by atoms with Crippen molar-refractivity contribution in [3.63, 3.8) is 0 Å². The number of aliphatic carboxylic acids is 1. The summed E-state index contributed by atoms with van der Waals surface area (Å²) in [5.74, 6) is -2.17. The molecule has 0 saturated heterocycles. The van der Waals surface area contributed by atoms with E-state index in [1.54, 1.807) is 0 Å². The number of carbonyl (C=O) groups excluding carboxylic acids is 1. The minimum Gasteiger partial charge on any atom is -1.00 e. The zero-order valence-corrected chi connectivity index (χ0v) is 12.1. The van der Waals surface area contributed by atoms with Crippen molar-refractivity contribution in [2.24, 2.45) is 0 Å². The summed E-state index contributed by atoms with van der Waals surface area (Å²) in [6.45, 7) is 2.42. The van der Waals surface area contributed by atoms with Crippen LogP contribution in [0.4, 0.5) is 0 Å². The fourth-order valence-electron chi connectivity index (χ4n) is 0.323. The number of esters is 1. The van der Waals surface area contributed by atoms with E-state index in [9.17, 15) is 9.59 Å². The number of aliphatic hydroxyl groups excluding tert-OH is 1. The van der Waals surface area contributed by atoms with E-state index < -0.39 is 24.1 Å². The van der Waals surface area contributed by atoms with Gasteiger partial charge in [0.15, 0.2) is 6.10 Å². The Kier molecular flexibility index (Phi) is 15.2. The largest absolute Gasteiger partial charge is 2.00 e. The second-order valence-electron chi connectivity index (χ2n) is 2.09. The van der Waals surface area contributed by atoms with Gasteiger partial charge in [0.05, 0.1) is 0 Å². The summed E-state index contributed by atoms with van der Waals surface area (Å²) < 4.78 is 4.28. The van der Waals surface area contributed by atoms with Crippen molar-refractivity contribution in [3.05, 3.63) is 0 Å². The third-order valence-electron chi connectivity index (χ3n) is 0.982. The van der Waals surface area contributed by atoms with Gasteiger partial charge in [0, 0.05) is 0 Å². The summed E-state index contributed by atoms with van der Waals surface area (Å²) in [5.41, 5.74) is 0. The Labute approximate surface area is 142 Å². The number of hydrogen-bond acceptors (Lipinski definition) is 4. The molecule has 0 amide bonds. The van der Waals surface area contributed by atoms with Crippen LogP contribution in [-0.2, 0) is 14.3 Å². The van der Waals surface area contributed by atoms with Crippen LogP contribution in [0.5, 0.6) is 0 Å². The number of hydrogen-bond donors (Lipinski definition) is 2. The summed E-state index contributed by atoms with van der Waals surface area (Å²) in [6.07, 6.45) is -2.49. The Morgan fingerprint density at radius 1 is 1.31 bits per heavy atom. The minimum absolute atomic E-state index is 0.